The highest BCUT2D eigenvalue weighted by Gasteiger charge is 2.65. The standard InChI is InChI=1S/C26H38O7/c1-14(2)22-19(31-16(4)27)11-24(7)13-26(30)15(3)9-10-21(33-18(6)29)25(26,8)12-20(23(22)24)32-17(5)28/h14,19-21,30H,3,9-13H2,1-2,4-8H3. The lowest BCUT2D eigenvalue weighted by atomic mass is 9.56. The van der Waals surface area contributed by atoms with E-state index in [0.717, 1.165) is 11.1 Å². The minimum Gasteiger partial charge on any atom is -0.462 e. The maximum atomic E-state index is 12.3. The van der Waals surface area contributed by atoms with Crippen LogP contribution >= 0.6 is 0 Å². The van der Waals surface area contributed by atoms with E-state index in [1.165, 1.54) is 20.8 Å². The van der Waals surface area contributed by atoms with Crippen LogP contribution in [0.2, 0.25) is 0 Å². The van der Waals surface area contributed by atoms with Crippen LogP contribution in [0.15, 0.2) is 23.3 Å². The average molecular weight is 463 g/mol. The number of esters is 3. The lowest BCUT2D eigenvalue weighted by Gasteiger charge is -2.54. The van der Waals surface area contributed by atoms with E-state index in [4.69, 9.17) is 14.2 Å². The van der Waals surface area contributed by atoms with Crippen LogP contribution in [0.4, 0.5) is 0 Å². The van der Waals surface area contributed by atoms with Crippen LogP contribution in [0.1, 0.15) is 80.6 Å². The molecule has 6 unspecified atom stereocenters. The van der Waals surface area contributed by atoms with Gasteiger partial charge in [-0.3, -0.25) is 14.4 Å². The average Bonchev–Trinajstić information content (AvgIpc) is 2.89. The molecule has 33 heavy (non-hydrogen) atoms. The first-order chi connectivity index (χ1) is 15.1. The molecular weight excluding hydrogens is 424 g/mol. The number of carbonyl (C=O) groups excluding carboxylic acids is 3. The predicted molar refractivity (Wildman–Crippen MR) is 122 cm³/mol. The zero-order valence-corrected chi connectivity index (χ0v) is 20.9. The van der Waals surface area contributed by atoms with E-state index < -0.39 is 46.7 Å². The van der Waals surface area contributed by atoms with Crippen LogP contribution in [0.3, 0.4) is 0 Å². The monoisotopic (exact) mass is 462 g/mol. The van der Waals surface area contributed by atoms with E-state index in [9.17, 15) is 19.5 Å². The fourth-order valence-corrected chi connectivity index (χ4v) is 6.75. The zero-order valence-electron chi connectivity index (χ0n) is 20.9. The minimum atomic E-state index is -1.35. The van der Waals surface area contributed by atoms with Gasteiger partial charge in [-0.05, 0) is 53.7 Å². The van der Waals surface area contributed by atoms with Gasteiger partial charge in [0.2, 0.25) is 0 Å². The van der Waals surface area contributed by atoms with Crippen LogP contribution in [-0.4, -0.2) is 46.9 Å². The maximum Gasteiger partial charge on any atom is 0.303 e. The second kappa shape index (κ2) is 8.57. The van der Waals surface area contributed by atoms with Gasteiger partial charge in [0.1, 0.15) is 18.3 Å². The van der Waals surface area contributed by atoms with Crippen molar-refractivity contribution < 1.29 is 33.7 Å². The van der Waals surface area contributed by atoms with Crippen molar-refractivity contribution in [2.45, 2.75) is 104 Å². The largest absolute Gasteiger partial charge is 0.462 e. The number of hydrogen-bond donors (Lipinski definition) is 1. The lowest BCUT2D eigenvalue weighted by Crippen LogP contribution is -2.59. The Labute approximate surface area is 196 Å². The summed E-state index contributed by atoms with van der Waals surface area (Å²) in [6, 6.07) is 0. The van der Waals surface area contributed by atoms with Crippen molar-refractivity contribution in [3.8, 4) is 0 Å². The number of carbonyl (C=O) groups is 3. The summed E-state index contributed by atoms with van der Waals surface area (Å²) in [5, 5.41) is 12.3. The molecule has 2 fully saturated rings. The number of aliphatic hydroxyl groups is 1. The summed E-state index contributed by atoms with van der Waals surface area (Å²) in [7, 11) is 0. The quantitative estimate of drug-likeness (QED) is 0.383. The molecule has 6 atom stereocenters. The summed E-state index contributed by atoms with van der Waals surface area (Å²) >= 11 is 0. The highest BCUT2D eigenvalue weighted by Crippen LogP contribution is 2.64. The molecule has 0 spiro atoms. The van der Waals surface area contributed by atoms with Crippen molar-refractivity contribution in [3.63, 3.8) is 0 Å². The van der Waals surface area contributed by atoms with Crippen LogP contribution in [0, 0.1) is 16.7 Å². The molecule has 3 aliphatic carbocycles. The van der Waals surface area contributed by atoms with Gasteiger partial charge in [0.25, 0.3) is 0 Å². The molecule has 0 amide bonds. The van der Waals surface area contributed by atoms with Gasteiger partial charge >= 0.3 is 17.9 Å². The number of rotatable bonds is 4. The Balaban J connectivity index is 2.25. The van der Waals surface area contributed by atoms with E-state index in [-0.39, 0.29) is 18.3 Å². The third-order valence-electron chi connectivity index (χ3n) is 8.02. The number of ether oxygens (including phenoxy) is 3. The Hall–Kier alpha value is -2.15. The molecule has 0 aromatic heterocycles. The second-order valence-corrected chi connectivity index (χ2v) is 10.9. The third kappa shape index (κ3) is 4.25. The van der Waals surface area contributed by atoms with Gasteiger partial charge in [-0.2, -0.15) is 0 Å². The normalized spacial score (nSPS) is 38.3. The highest BCUT2D eigenvalue weighted by molar-refractivity contribution is 5.68. The predicted octanol–water partition coefficient (Wildman–Crippen LogP) is 4.03. The summed E-state index contributed by atoms with van der Waals surface area (Å²) < 4.78 is 17.4. The maximum absolute atomic E-state index is 12.3. The smallest absolute Gasteiger partial charge is 0.303 e. The Bertz CT molecular complexity index is 902. The van der Waals surface area contributed by atoms with Crippen molar-refractivity contribution in [2.24, 2.45) is 16.7 Å². The van der Waals surface area contributed by atoms with E-state index in [2.05, 4.69) is 6.58 Å². The molecule has 0 aromatic rings. The van der Waals surface area contributed by atoms with Gasteiger partial charge in [-0.15, -0.1) is 0 Å². The van der Waals surface area contributed by atoms with Crippen LogP contribution < -0.4 is 0 Å². The van der Waals surface area contributed by atoms with Crippen molar-refractivity contribution in [1.29, 1.82) is 0 Å². The topological polar surface area (TPSA) is 99.1 Å². The summed E-state index contributed by atoms with van der Waals surface area (Å²) in [5.41, 5.74) is -0.315. The molecule has 0 aliphatic heterocycles. The second-order valence-electron chi connectivity index (χ2n) is 10.9. The van der Waals surface area contributed by atoms with Gasteiger partial charge < -0.3 is 19.3 Å². The molecule has 1 N–H and O–H groups in total. The molecule has 7 heteroatoms. The van der Waals surface area contributed by atoms with Crippen molar-refractivity contribution in [3.05, 3.63) is 23.3 Å². The van der Waals surface area contributed by atoms with Gasteiger partial charge in [-0.1, -0.05) is 34.3 Å². The highest BCUT2D eigenvalue weighted by atomic mass is 16.6. The molecule has 184 valence electrons. The lowest BCUT2D eigenvalue weighted by molar-refractivity contribution is -0.185. The summed E-state index contributed by atoms with van der Waals surface area (Å²) in [6.07, 6.45) is 0.509. The summed E-state index contributed by atoms with van der Waals surface area (Å²) in [4.78, 5) is 36.1. The Morgan fingerprint density at radius 1 is 0.970 bits per heavy atom. The zero-order chi connectivity index (χ0) is 24.9. The van der Waals surface area contributed by atoms with Crippen LogP contribution in [0.5, 0.6) is 0 Å². The number of hydrogen-bond acceptors (Lipinski definition) is 7. The minimum absolute atomic E-state index is 0.0410. The van der Waals surface area contributed by atoms with Gasteiger partial charge in [0, 0.05) is 32.6 Å². The van der Waals surface area contributed by atoms with E-state index in [1.54, 1.807) is 0 Å². The third-order valence-corrected chi connectivity index (χ3v) is 8.02. The van der Waals surface area contributed by atoms with Crippen LogP contribution in [0.25, 0.3) is 0 Å². The fraction of sp³-hybridized carbons (Fsp3) is 0.731. The van der Waals surface area contributed by atoms with Gasteiger partial charge in [0.05, 0.1) is 5.60 Å². The first-order valence-electron chi connectivity index (χ1n) is 11.8. The molecule has 0 bridgehead atoms. The SMILES string of the molecule is C=C1CCC(OC(C)=O)C2(C)CC(OC(C)=O)C3=C(C(C)C)C(OC(C)=O)CC3(C)CC12O. The van der Waals surface area contributed by atoms with Crippen molar-refractivity contribution >= 4 is 17.9 Å². The molecule has 7 nitrogen and oxygen atoms in total. The van der Waals surface area contributed by atoms with Gasteiger partial charge in [0.15, 0.2) is 0 Å². The first kappa shape index (κ1) is 25.5. The molecule has 3 rings (SSSR count). The molecule has 0 saturated heterocycles. The first-order valence-corrected chi connectivity index (χ1v) is 11.8. The molecule has 0 heterocycles. The van der Waals surface area contributed by atoms with E-state index >= 15 is 0 Å². The number of fused-ring (bicyclic) bond motifs is 2. The van der Waals surface area contributed by atoms with Gasteiger partial charge in [-0.25, -0.2) is 0 Å². The molecule has 0 radical (unpaired) electrons. The summed E-state index contributed by atoms with van der Waals surface area (Å²) in [5.74, 6) is -1.17. The summed E-state index contributed by atoms with van der Waals surface area (Å²) in [6.45, 7) is 16.4. The van der Waals surface area contributed by atoms with E-state index in [0.29, 0.717) is 31.3 Å². The Morgan fingerprint density at radius 2 is 1.52 bits per heavy atom. The Morgan fingerprint density at radius 3 is 2.03 bits per heavy atom. The van der Waals surface area contributed by atoms with Crippen LogP contribution in [-0.2, 0) is 28.6 Å². The van der Waals surface area contributed by atoms with Crippen molar-refractivity contribution in [1.82, 2.24) is 0 Å². The molecule has 3 aliphatic rings. The molecular formula is C26H38O7. The Kier molecular flexibility index (Phi) is 6.61. The van der Waals surface area contributed by atoms with E-state index in [1.807, 2.05) is 27.7 Å². The fourth-order valence-electron chi connectivity index (χ4n) is 6.75. The molecule has 0 aromatic carbocycles. The van der Waals surface area contributed by atoms with Crippen molar-refractivity contribution in [2.75, 3.05) is 0 Å². The molecule has 2 saturated carbocycles.